The van der Waals surface area contributed by atoms with Gasteiger partial charge in [-0.25, -0.2) is 4.39 Å². The normalized spacial score (nSPS) is 20.8. The molecule has 1 aliphatic heterocycles. The van der Waals surface area contributed by atoms with Crippen molar-refractivity contribution < 1.29 is 23.6 Å². The number of rotatable bonds is 11. The van der Waals surface area contributed by atoms with Crippen LogP contribution in [-0.2, 0) is 20.9 Å². The van der Waals surface area contributed by atoms with Crippen LogP contribution < -0.4 is 16.0 Å². The third-order valence-electron chi connectivity index (χ3n) is 10.1. The van der Waals surface area contributed by atoms with E-state index >= 15 is 4.39 Å². The number of hydrogen-bond donors (Lipinski definition) is 3. The fourth-order valence-corrected chi connectivity index (χ4v) is 6.80. The van der Waals surface area contributed by atoms with Crippen LogP contribution in [0.5, 0.6) is 0 Å². The maximum atomic E-state index is 15.7. The summed E-state index contributed by atoms with van der Waals surface area (Å²) < 4.78 is 17.3. The molecular formula is C36H54FN7O4. The summed E-state index contributed by atoms with van der Waals surface area (Å²) in [6.45, 7) is 17.1. The lowest BCUT2D eigenvalue weighted by molar-refractivity contribution is -0.139. The maximum Gasteiger partial charge on any atom is 0.270 e. The van der Waals surface area contributed by atoms with E-state index in [-0.39, 0.29) is 35.4 Å². The Morgan fingerprint density at radius 1 is 0.979 bits per heavy atom. The molecule has 264 valence electrons. The lowest BCUT2D eigenvalue weighted by Gasteiger charge is -2.43. The zero-order valence-corrected chi connectivity index (χ0v) is 29.6. The molecule has 4 amide bonds. The number of piperazine rings is 1. The van der Waals surface area contributed by atoms with Gasteiger partial charge >= 0.3 is 0 Å². The predicted octanol–water partition coefficient (Wildman–Crippen LogP) is 4.55. The summed E-state index contributed by atoms with van der Waals surface area (Å²) in [7, 11) is 0. The van der Waals surface area contributed by atoms with E-state index in [1.165, 1.54) is 12.1 Å². The molecule has 0 spiro atoms. The van der Waals surface area contributed by atoms with Crippen LogP contribution in [0.15, 0.2) is 30.5 Å². The molecule has 3 N–H and O–H groups in total. The van der Waals surface area contributed by atoms with Crippen molar-refractivity contribution in [3.05, 3.63) is 47.5 Å². The Labute approximate surface area is 284 Å². The van der Waals surface area contributed by atoms with Crippen LogP contribution in [0.25, 0.3) is 0 Å². The Bertz CT molecular complexity index is 1440. The first-order valence-corrected chi connectivity index (χ1v) is 17.5. The van der Waals surface area contributed by atoms with Crippen LogP contribution in [0.3, 0.4) is 0 Å². The Kier molecular flexibility index (Phi) is 12.4. The molecule has 2 heterocycles. The van der Waals surface area contributed by atoms with E-state index in [1.807, 2.05) is 6.92 Å². The van der Waals surface area contributed by atoms with E-state index in [1.54, 1.807) is 41.8 Å². The fraction of sp³-hybridized carbons (Fsp3) is 0.639. The third-order valence-corrected chi connectivity index (χ3v) is 10.1. The molecular weight excluding hydrogens is 613 g/mol. The van der Waals surface area contributed by atoms with Gasteiger partial charge in [-0.3, -0.25) is 28.8 Å². The highest BCUT2D eigenvalue weighted by Gasteiger charge is 2.36. The standard InChI is InChI=1S/C36H54FN7O4/c1-8-30(45)40-31(35(48)42-18-20-43(21-19-42)36(5,6)7)24(4)26-14-15-28(27(37)22-26)39-34(47)32(25-12-10-23(3)11-13-25)41-33(46)29-16-17-38-44(29)9-2/h14-17,22-25,31-32H,8-13,18-21H2,1-7H3,(H,39,47)(H,40,45)(H,41,46)/t23?,24-,25?,31+,32-/m0/s1. The molecule has 11 nitrogen and oxygen atoms in total. The molecule has 1 aliphatic carbocycles. The van der Waals surface area contributed by atoms with Crippen LogP contribution in [0.2, 0.25) is 0 Å². The summed E-state index contributed by atoms with van der Waals surface area (Å²) >= 11 is 0. The fourth-order valence-electron chi connectivity index (χ4n) is 6.80. The maximum absolute atomic E-state index is 15.7. The Hall–Kier alpha value is -3.80. The molecule has 1 aromatic carbocycles. The third kappa shape index (κ3) is 9.00. The first-order chi connectivity index (χ1) is 22.7. The van der Waals surface area contributed by atoms with Crippen LogP contribution in [-0.4, -0.2) is 87.0 Å². The number of hydrogen-bond acceptors (Lipinski definition) is 6. The predicted molar refractivity (Wildman–Crippen MR) is 184 cm³/mol. The average molecular weight is 668 g/mol. The number of anilines is 1. The molecule has 1 saturated carbocycles. The van der Waals surface area contributed by atoms with Crippen LogP contribution in [0.4, 0.5) is 10.1 Å². The minimum absolute atomic E-state index is 0.00766. The Balaban J connectivity index is 1.50. The number of aromatic nitrogens is 2. The Morgan fingerprint density at radius 2 is 1.65 bits per heavy atom. The van der Waals surface area contributed by atoms with Gasteiger partial charge in [0.25, 0.3) is 5.91 Å². The van der Waals surface area contributed by atoms with E-state index in [4.69, 9.17) is 0 Å². The van der Waals surface area contributed by atoms with Gasteiger partial charge < -0.3 is 20.9 Å². The monoisotopic (exact) mass is 667 g/mol. The second kappa shape index (κ2) is 16.1. The number of benzene rings is 1. The van der Waals surface area contributed by atoms with Gasteiger partial charge in [0.05, 0.1) is 5.69 Å². The molecule has 2 fully saturated rings. The van der Waals surface area contributed by atoms with Crippen molar-refractivity contribution in [2.24, 2.45) is 11.8 Å². The van der Waals surface area contributed by atoms with Gasteiger partial charge in [-0.15, -0.1) is 0 Å². The van der Waals surface area contributed by atoms with Crippen molar-refractivity contribution in [3.63, 3.8) is 0 Å². The van der Waals surface area contributed by atoms with Gasteiger partial charge in [0.15, 0.2) is 0 Å². The number of nitrogens with one attached hydrogen (secondary N) is 3. The molecule has 0 bridgehead atoms. The van der Waals surface area contributed by atoms with Gasteiger partial charge in [0.2, 0.25) is 17.7 Å². The lowest BCUT2D eigenvalue weighted by atomic mass is 9.79. The van der Waals surface area contributed by atoms with Crippen molar-refractivity contribution in [2.45, 2.75) is 111 Å². The van der Waals surface area contributed by atoms with Crippen LogP contribution in [0, 0.1) is 17.7 Å². The van der Waals surface area contributed by atoms with Gasteiger partial charge in [-0.05, 0) is 76.1 Å². The molecule has 0 radical (unpaired) electrons. The van der Waals surface area contributed by atoms with Gasteiger partial charge in [0, 0.05) is 56.8 Å². The van der Waals surface area contributed by atoms with E-state index < -0.39 is 35.6 Å². The van der Waals surface area contributed by atoms with Gasteiger partial charge in [-0.2, -0.15) is 5.10 Å². The second-order valence-corrected chi connectivity index (χ2v) is 14.4. The van der Waals surface area contributed by atoms with E-state index in [9.17, 15) is 19.2 Å². The zero-order chi connectivity index (χ0) is 35.2. The molecule has 0 unspecified atom stereocenters. The first-order valence-electron chi connectivity index (χ1n) is 17.5. The van der Waals surface area contributed by atoms with E-state index in [2.05, 4.69) is 53.6 Å². The van der Waals surface area contributed by atoms with Crippen LogP contribution in [0.1, 0.15) is 103 Å². The summed E-state index contributed by atoms with van der Waals surface area (Å²) in [5, 5.41) is 12.7. The second-order valence-electron chi connectivity index (χ2n) is 14.4. The minimum Gasteiger partial charge on any atom is -0.344 e. The molecule has 2 aliphatic rings. The number of carbonyl (C=O) groups excluding carboxylic acids is 4. The average Bonchev–Trinajstić information content (AvgIpc) is 3.55. The molecule has 12 heteroatoms. The van der Waals surface area contributed by atoms with Crippen molar-refractivity contribution in [1.82, 2.24) is 30.2 Å². The number of aryl methyl sites for hydroxylation is 1. The van der Waals surface area contributed by atoms with Crippen molar-refractivity contribution in [2.75, 3.05) is 31.5 Å². The van der Waals surface area contributed by atoms with Crippen molar-refractivity contribution >= 4 is 29.3 Å². The minimum atomic E-state index is -0.872. The summed E-state index contributed by atoms with van der Waals surface area (Å²) in [5.74, 6) is -2.08. The van der Waals surface area contributed by atoms with Crippen molar-refractivity contribution in [1.29, 1.82) is 0 Å². The summed E-state index contributed by atoms with van der Waals surface area (Å²) in [4.78, 5) is 57.4. The highest BCUT2D eigenvalue weighted by molar-refractivity contribution is 6.00. The lowest BCUT2D eigenvalue weighted by Crippen LogP contribution is -2.58. The highest BCUT2D eigenvalue weighted by atomic mass is 19.1. The molecule has 48 heavy (non-hydrogen) atoms. The SMILES string of the molecule is CCC(=O)N[C@@H](C(=O)N1CCN(C(C)(C)C)CC1)[C@@H](C)c1ccc(NC(=O)[C@@H](NC(=O)c2ccnn2CC)C2CCC(C)CC2)c(F)c1. The first kappa shape index (κ1) is 37.0. The molecule has 2 aromatic rings. The number of amides is 4. The number of carbonyl (C=O) groups is 4. The molecule has 1 saturated heterocycles. The summed E-state index contributed by atoms with van der Waals surface area (Å²) in [6.07, 6.45) is 5.20. The molecule has 3 atom stereocenters. The largest absolute Gasteiger partial charge is 0.344 e. The topological polar surface area (TPSA) is 129 Å². The summed E-state index contributed by atoms with van der Waals surface area (Å²) in [6, 6.07) is 4.36. The molecule has 4 rings (SSSR count). The van der Waals surface area contributed by atoms with E-state index in [0.717, 1.165) is 38.8 Å². The van der Waals surface area contributed by atoms with Gasteiger partial charge in [-0.1, -0.05) is 39.7 Å². The quantitative estimate of drug-likeness (QED) is 0.323. The number of nitrogens with zero attached hydrogens (tertiary/aromatic N) is 4. The Morgan fingerprint density at radius 3 is 2.23 bits per heavy atom. The van der Waals surface area contributed by atoms with Crippen LogP contribution >= 0.6 is 0 Å². The zero-order valence-electron chi connectivity index (χ0n) is 29.6. The molecule has 1 aromatic heterocycles. The smallest absolute Gasteiger partial charge is 0.270 e. The highest BCUT2D eigenvalue weighted by Crippen LogP contribution is 2.32. The van der Waals surface area contributed by atoms with Gasteiger partial charge in [0.1, 0.15) is 23.6 Å². The number of halogens is 1. The van der Waals surface area contributed by atoms with E-state index in [0.29, 0.717) is 36.8 Å². The summed E-state index contributed by atoms with van der Waals surface area (Å²) in [5.41, 5.74) is 0.857. The van der Waals surface area contributed by atoms with Crippen molar-refractivity contribution in [3.8, 4) is 0 Å².